The summed E-state index contributed by atoms with van der Waals surface area (Å²) in [5, 5.41) is 0. The Morgan fingerprint density at radius 3 is 2.33 bits per heavy atom. The van der Waals surface area contributed by atoms with Crippen LogP contribution in [0.15, 0.2) is 24.3 Å². The Hall–Kier alpha value is -0.980. The van der Waals surface area contributed by atoms with E-state index in [0.717, 1.165) is 18.8 Å². The monoisotopic (exact) mass is 208 g/mol. The van der Waals surface area contributed by atoms with Crippen molar-refractivity contribution < 1.29 is 4.74 Å². The molecule has 1 nitrogen and oxygen atoms in total. The molecule has 0 aliphatic carbocycles. The molecular weight excluding hydrogens is 184 g/mol. The number of hydrogen-bond donors (Lipinski definition) is 0. The van der Waals surface area contributed by atoms with Gasteiger partial charge in [0, 0.05) is 0 Å². The molecule has 1 heteroatoms. The van der Waals surface area contributed by atoms with Crippen LogP contribution in [-0.4, -0.2) is 6.61 Å². The summed E-state index contributed by atoms with van der Waals surface area (Å²) in [6, 6.07) is 8.25. The summed E-state index contributed by atoms with van der Waals surface area (Å²) in [4.78, 5) is 0. The number of benzene rings is 1. The van der Waals surface area contributed by atoms with Crippen LogP contribution in [0.2, 0.25) is 0 Å². The van der Waals surface area contributed by atoms with E-state index >= 15 is 0 Å². The second-order valence-electron chi connectivity index (χ2n) is 3.27. The normalized spacial score (nSPS) is 12.0. The van der Waals surface area contributed by atoms with Crippen molar-refractivity contribution >= 4 is 0 Å². The lowest BCUT2D eigenvalue weighted by Gasteiger charge is -2.15. The van der Waals surface area contributed by atoms with E-state index in [9.17, 15) is 0 Å². The van der Waals surface area contributed by atoms with Crippen LogP contribution in [-0.2, 0) is 6.42 Å². The van der Waals surface area contributed by atoms with E-state index < -0.39 is 0 Å². The van der Waals surface area contributed by atoms with Crippen molar-refractivity contribution in [1.82, 2.24) is 0 Å². The SMILES string of the molecule is CC.CCC.c1ccc2c(c1)CCCO2. The van der Waals surface area contributed by atoms with Crippen molar-refractivity contribution in [3.05, 3.63) is 29.8 Å². The smallest absolute Gasteiger partial charge is 0.122 e. The second kappa shape index (κ2) is 9.57. The molecule has 0 aromatic heterocycles. The topological polar surface area (TPSA) is 9.23 Å². The Kier molecular flexibility index (Phi) is 8.95. The molecule has 0 bridgehead atoms. The highest BCUT2D eigenvalue weighted by Gasteiger charge is 2.06. The number of para-hydroxylation sites is 1. The quantitative estimate of drug-likeness (QED) is 0.612. The lowest BCUT2D eigenvalue weighted by Crippen LogP contribution is -2.07. The Morgan fingerprint density at radius 2 is 1.73 bits per heavy atom. The molecule has 2 rings (SSSR count). The van der Waals surface area contributed by atoms with Gasteiger partial charge in [-0.15, -0.1) is 0 Å². The minimum atomic E-state index is 0.886. The molecule has 0 atom stereocenters. The zero-order valence-electron chi connectivity index (χ0n) is 10.5. The summed E-state index contributed by atoms with van der Waals surface area (Å²) < 4.78 is 5.42. The van der Waals surface area contributed by atoms with Gasteiger partial charge >= 0.3 is 0 Å². The number of rotatable bonds is 0. The standard InChI is InChI=1S/C9H10O.C3H8.C2H6/c1-2-6-9-8(4-1)5-3-7-10-9;1-3-2;1-2/h1-2,4,6H,3,5,7H2;3H2,1-2H3;1-2H3. The van der Waals surface area contributed by atoms with Crippen molar-refractivity contribution in [3.8, 4) is 5.75 Å². The van der Waals surface area contributed by atoms with Gasteiger partial charge in [0.25, 0.3) is 0 Å². The fourth-order valence-electron chi connectivity index (χ4n) is 1.30. The van der Waals surface area contributed by atoms with Gasteiger partial charge in [0.15, 0.2) is 0 Å². The Labute approximate surface area is 94.5 Å². The maximum absolute atomic E-state index is 5.42. The molecule has 0 radical (unpaired) electrons. The van der Waals surface area contributed by atoms with Crippen molar-refractivity contribution in [1.29, 1.82) is 0 Å². The maximum Gasteiger partial charge on any atom is 0.122 e. The van der Waals surface area contributed by atoms with E-state index in [2.05, 4.69) is 26.0 Å². The molecule has 0 spiro atoms. The van der Waals surface area contributed by atoms with E-state index in [1.54, 1.807) is 0 Å². The van der Waals surface area contributed by atoms with E-state index in [1.807, 2.05) is 26.0 Å². The second-order valence-corrected chi connectivity index (χ2v) is 3.27. The van der Waals surface area contributed by atoms with Gasteiger partial charge in [0.1, 0.15) is 5.75 Å². The molecule has 0 saturated carbocycles. The average molecular weight is 208 g/mol. The van der Waals surface area contributed by atoms with Crippen molar-refractivity contribution in [3.63, 3.8) is 0 Å². The first kappa shape index (κ1) is 14.0. The van der Waals surface area contributed by atoms with Crippen molar-refractivity contribution in [2.45, 2.75) is 47.0 Å². The van der Waals surface area contributed by atoms with Crippen molar-refractivity contribution in [2.24, 2.45) is 0 Å². The molecular formula is C14H24O. The number of fused-ring (bicyclic) bond motifs is 1. The van der Waals surface area contributed by atoms with Crippen LogP contribution in [0.1, 0.15) is 46.1 Å². The van der Waals surface area contributed by atoms with Gasteiger partial charge in [-0.05, 0) is 24.5 Å². The van der Waals surface area contributed by atoms with Gasteiger partial charge in [-0.2, -0.15) is 0 Å². The largest absolute Gasteiger partial charge is 0.493 e. The molecule has 1 aromatic rings. The summed E-state index contributed by atoms with van der Waals surface area (Å²) in [7, 11) is 0. The van der Waals surface area contributed by atoms with E-state index in [-0.39, 0.29) is 0 Å². The van der Waals surface area contributed by atoms with Crippen LogP contribution < -0.4 is 4.74 Å². The Bertz CT molecular complexity index is 218. The summed E-state index contributed by atoms with van der Waals surface area (Å²) in [6.45, 7) is 9.14. The molecule has 1 aromatic carbocycles. The summed E-state index contributed by atoms with van der Waals surface area (Å²) >= 11 is 0. The fraction of sp³-hybridized carbons (Fsp3) is 0.571. The first-order valence-electron chi connectivity index (χ1n) is 6.09. The highest BCUT2D eigenvalue weighted by Crippen LogP contribution is 2.22. The average Bonchev–Trinajstić information content (AvgIpc) is 2.33. The summed E-state index contributed by atoms with van der Waals surface area (Å²) in [5.74, 6) is 1.08. The molecule has 1 aliphatic heterocycles. The van der Waals surface area contributed by atoms with Crippen LogP contribution in [0.4, 0.5) is 0 Å². The molecule has 86 valence electrons. The summed E-state index contributed by atoms with van der Waals surface area (Å²) in [6.07, 6.45) is 3.59. The van der Waals surface area contributed by atoms with Crippen LogP contribution in [0.3, 0.4) is 0 Å². The summed E-state index contributed by atoms with van der Waals surface area (Å²) in [5.41, 5.74) is 1.36. The molecule has 0 amide bonds. The van der Waals surface area contributed by atoms with Crippen LogP contribution in [0, 0.1) is 0 Å². The predicted molar refractivity (Wildman–Crippen MR) is 67.6 cm³/mol. The molecule has 0 fully saturated rings. The molecule has 15 heavy (non-hydrogen) atoms. The molecule has 1 aliphatic rings. The zero-order chi connectivity index (χ0) is 11.5. The van der Waals surface area contributed by atoms with Crippen LogP contribution in [0.25, 0.3) is 0 Å². The number of aryl methyl sites for hydroxylation is 1. The van der Waals surface area contributed by atoms with Gasteiger partial charge in [-0.3, -0.25) is 0 Å². The lowest BCUT2D eigenvalue weighted by atomic mass is 10.1. The third kappa shape index (κ3) is 5.46. The third-order valence-electron chi connectivity index (χ3n) is 1.82. The van der Waals surface area contributed by atoms with Gasteiger partial charge in [0.05, 0.1) is 6.61 Å². The lowest BCUT2D eigenvalue weighted by molar-refractivity contribution is 0.288. The highest BCUT2D eigenvalue weighted by atomic mass is 16.5. The minimum Gasteiger partial charge on any atom is -0.493 e. The maximum atomic E-state index is 5.42. The third-order valence-corrected chi connectivity index (χ3v) is 1.82. The predicted octanol–water partition coefficient (Wildman–Crippen LogP) is 4.45. The zero-order valence-corrected chi connectivity index (χ0v) is 10.5. The van der Waals surface area contributed by atoms with Gasteiger partial charge in [0.2, 0.25) is 0 Å². The first-order valence-corrected chi connectivity index (χ1v) is 6.09. The van der Waals surface area contributed by atoms with E-state index in [1.165, 1.54) is 18.4 Å². The van der Waals surface area contributed by atoms with Crippen molar-refractivity contribution in [2.75, 3.05) is 6.61 Å². The number of hydrogen-bond acceptors (Lipinski definition) is 1. The Morgan fingerprint density at radius 1 is 1.13 bits per heavy atom. The van der Waals surface area contributed by atoms with Gasteiger partial charge in [-0.25, -0.2) is 0 Å². The van der Waals surface area contributed by atoms with E-state index in [4.69, 9.17) is 4.74 Å². The van der Waals surface area contributed by atoms with Gasteiger partial charge < -0.3 is 4.74 Å². The minimum absolute atomic E-state index is 0.886. The Balaban J connectivity index is 0.000000342. The van der Waals surface area contributed by atoms with Crippen LogP contribution >= 0.6 is 0 Å². The van der Waals surface area contributed by atoms with Crippen LogP contribution in [0.5, 0.6) is 5.75 Å². The van der Waals surface area contributed by atoms with E-state index in [0.29, 0.717) is 0 Å². The fourth-order valence-corrected chi connectivity index (χ4v) is 1.30. The van der Waals surface area contributed by atoms with Gasteiger partial charge in [-0.1, -0.05) is 52.3 Å². The number of ether oxygens (including phenoxy) is 1. The molecule has 0 saturated heterocycles. The molecule has 0 N–H and O–H groups in total. The highest BCUT2D eigenvalue weighted by molar-refractivity contribution is 5.34. The molecule has 0 unspecified atom stereocenters. The molecule has 1 heterocycles. The first-order chi connectivity index (χ1) is 7.38.